The lowest BCUT2D eigenvalue weighted by molar-refractivity contribution is -0.150. The summed E-state index contributed by atoms with van der Waals surface area (Å²) in [6.45, 7) is 5.52. The van der Waals surface area contributed by atoms with Crippen LogP contribution in [-0.4, -0.2) is 22.1 Å². The van der Waals surface area contributed by atoms with Crippen molar-refractivity contribution in [1.29, 1.82) is 5.26 Å². The second-order valence-corrected chi connectivity index (χ2v) is 6.08. The van der Waals surface area contributed by atoms with Gasteiger partial charge in [0, 0.05) is 11.7 Å². The summed E-state index contributed by atoms with van der Waals surface area (Å²) in [5.41, 5.74) is 1.37. The highest BCUT2D eigenvalue weighted by Gasteiger charge is 2.43. The van der Waals surface area contributed by atoms with E-state index in [0.29, 0.717) is 17.8 Å². The third-order valence-corrected chi connectivity index (χ3v) is 4.46. The molecule has 2 unspecified atom stereocenters. The first-order chi connectivity index (χ1) is 9.88. The maximum Gasteiger partial charge on any atom is 0.311 e. The van der Waals surface area contributed by atoms with Gasteiger partial charge in [0.2, 0.25) is 0 Å². The topological polar surface area (TPSA) is 86.0 Å². The number of rotatable bonds is 3. The fourth-order valence-corrected chi connectivity index (χ4v) is 3.07. The van der Waals surface area contributed by atoms with Crippen LogP contribution < -0.4 is 5.32 Å². The molecule has 0 radical (unpaired) electrons. The maximum atomic E-state index is 11.6. The number of nitrogens with zero attached hydrogens (tertiary/aromatic N) is 2. The number of carboxylic acid groups (broad SMARTS) is 1. The molecule has 1 heterocycles. The molecular weight excluding hydrogens is 266 g/mol. The van der Waals surface area contributed by atoms with E-state index in [1.807, 2.05) is 19.9 Å². The Balaban J connectivity index is 2.37. The first-order valence-electron chi connectivity index (χ1n) is 7.27. The van der Waals surface area contributed by atoms with E-state index >= 15 is 0 Å². The fraction of sp³-hybridized carbons (Fsp3) is 0.562. The molecule has 0 aliphatic heterocycles. The highest BCUT2D eigenvalue weighted by Crippen LogP contribution is 2.38. The molecule has 1 fully saturated rings. The summed E-state index contributed by atoms with van der Waals surface area (Å²) in [5.74, 6) is -0.281. The highest BCUT2D eigenvalue weighted by atomic mass is 16.4. The second-order valence-electron chi connectivity index (χ2n) is 6.08. The van der Waals surface area contributed by atoms with Crippen LogP contribution in [0.15, 0.2) is 6.07 Å². The van der Waals surface area contributed by atoms with Crippen molar-refractivity contribution in [3.63, 3.8) is 0 Å². The summed E-state index contributed by atoms with van der Waals surface area (Å²) >= 11 is 0. The van der Waals surface area contributed by atoms with Crippen molar-refractivity contribution in [1.82, 2.24) is 4.98 Å². The largest absolute Gasteiger partial charge is 0.481 e. The number of anilines is 1. The van der Waals surface area contributed by atoms with Crippen LogP contribution in [0.5, 0.6) is 0 Å². The van der Waals surface area contributed by atoms with Crippen molar-refractivity contribution in [3.05, 3.63) is 22.9 Å². The number of aliphatic carboxylic acids is 1. The van der Waals surface area contributed by atoms with Crippen LogP contribution >= 0.6 is 0 Å². The Morgan fingerprint density at radius 1 is 1.52 bits per heavy atom. The predicted octanol–water partition coefficient (Wildman–Crippen LogP) is 3.02. The minimum Gasteiger partial charge on any atom is -0.481 e. The summed E-state index contributed by atoms with van der Waals surface area (Å²) < 4.78 is 0. The van der Waals surface area contributed by atoms with E-state index in [1.165, 1.54) is 0 Å². The molecule has 0 spiro atoms. The molecule has 0 saturated heterocycles. The minimum atomic E-state index is -0.815. The van der Waals surface area contributed by atoms with Crippen molar-refractivity contribution < 1.29 is 9.90 Å². The Kier molecular flexibility index (Phi) is 4.17. The van der Waals surface area contributed by atoms with Crippen molar-refractivity contribution in [2.45, 2.75) is 52.5 Å². The lowest BCUT2D eigenvalue weighted by Crippen LogP contribution is -2.47. The number of carboxylic acids is 1. The molecule has 2 rings (SSSR count). The van der Waals surface area contributed by atoms with Gasteiger partial charge in [0.15, 0.2) is 0 Å². The molecule has 5 nitrogen and oxygen atoms in total. The van der Waals surface area contributed by atoms with Gasteiger partial charge in [0.1, 0.15) is 11.9 Å². The van der Waals surface area contributed by atoms with Crippen LogP contribution in [0.25, 0.3) is 0 Å². The Morgan fingerprint density at radius 3 is 2.86 bits per heavy atom. The molecule has 112 valence electrons. The molecule has 1 aromatic rings. The van der Waals surface area contributed by atoms with Gasteiger partial charge in [-0.25, -0.2) is 4.98 Å². The molecule has 1 aliphatic carbocycles. The number of nitriles is 1. The molecule has 1 saturated carbocycles. The zero-order chi connectivity index (χ0) is 15.6. The third-order valence-electron chi connectivity index (χ3n) is 4.46. The smallest absolute Gasteiger partial charge is 0.311 e. The number of aryl methyl sites for hydroxylation is 2. The molecule has 1 aromatic heterocycles. The summed E-state index contributed by atoms with van der Waals surface area (Å²) in [7, 11) is 0. The molecule has 1 aliphatic rings. The van der Waals surface area contributed by atoms with Gasteiger partial charge in [-0.05, 0) is 45.2 Å². The Bertz CT molecular complexity index is 606. The first kappa shape index (κ1) is 15.3. The van der Waals surface area contributed by atoms with Crippen LogP contribution in [0.3, 0.4) is 0 Å². The quantitative estimate of drug-likeness (QED) is 0.892. The zero-order valence-corrected chi connectivity index (χ0v) is 12.7. The van der Waals surface area contributed by atoms with Crippen molar-refractivity contribution in [2.75, 3.05) is 5.32 Å². The van der Waals surface area contributed by atoms with Crippen molar-refractivity contribution in [3.8, 4) is 6.07 Å². The van der Waals surface area contributed by atoms with Gasteiger partial charge in [0.05, 0.1) is 11.0 Å². The zero-order valence-electron chi connectivity index (χ0n) is 12.7. The molecule has 0 amide bonds. The molecule has 0 bridgehead atoms. The Labute approximate surface area is 125 Å². The Hall–Kier alpha value is -2.09. The van der Waals surface area contributed by atoms with Gasteiger partial charge in [-0.2, -0.15) is 5.26 Å². The van der Waals surface area contributed by atoms with E-state index in [9.17, 15) is 15.2 Å². The Morgan fingerprint density at radius 2 is 2.24 bits per heavy atom. The summed E-state index contributed by atoms with van der Waals surface area (Å²) in [6.07, 6.45) is 3.34. The molecular formula is C16H21N3O2. The van der Waals surface area contributed by atoms with Gasteiger partial charge in [-0.3, -0.25) is 4.79 Å². The van der Waals surface area contributed by atoms with Crippen LogP contribution in [-0.2, 0) is 4.79 Å². The van der Waals surface area contributed by atoms with E-state index in [0.717, 1.165) is 30.5 Å². The monoisotopic (exact) mass is 287 g/mol. The number of aromatic nitrogens is 1. The van der Waals surface area contributed by atoms with E-state index in [-0.39, 0.29) is 6.04 Å². The van der Waals surface area contributed by atoms with Crippen LogP contribution in [0, 0.1) is 30.6 Å². The van der Waals surface area contributed by atoms with E-state index in [4.69, 9.17) is 0 Å². The van der Waals surface area contributed by atoms with Crippen LogP contribution in [0.4, 0.5) is 5.82 Å². The van der Waals surface area contributed by atoms with Crippen molar-refractivity contribution in [2.24, 2.45) is 5.41 Å². The summed E-state index contributed by atoms with van der Waals surface area (Å²) in [4.78, 5) is 16.0. The van der Waals surface area contributed by atoms with E-state index in [2.05, 4.69) is 16.4 Å². The highest BCUT2D eigenvalue weighted by molar-refractivity contribution is 5.76. The second kappa shape index (κ2) is 5.72. The maximum absolute atomic E-state index is 11.6. The number of nitrogens with one attached hydrogen (secondary N) is 1. The van der Waals surface area contributed by atoms with E-state index < -0.39 is 11.4 Å². The average molecular weight is 287 g/mol. The molecule has 21 heavy (non-hydrogen) atoms. The number of hydrogen-bond donors (Lipinski definition) is 2. The molecule has 0 aromatic carbocycles. The lowest BCUT2D eigenvalue weighted by atomic mass is 9.71. The molecule has 2 N–H and O–H groups in total. The lowest BCUT2D eigenvalue weighted by Gasteiger charge is -2.38. The molecule has 5 heteroatoms. The van der Waals surface area contributed by atoms with E-state index in [1.54, 1.807) is 6.92 Å². The minimum absolute atomic E-state index is 0.204. The summed E-state index contributed by atoms with van der Waals surface area (Å²) in [5, 5.41) is 22.1. The van der Waals surface area contributed by atoms with Gasteiger partial charge < -0.3 is 10.4 Å². The third kappa shape index (κ3) is 2.85. The summed E-state index contributed by atoms with van der Waals surface area (Å²) in [6, 6.07) is 3.82. The van der Waals surface area contributed by atoms with Gasteiger partial charge in [-0.1, -0.05) is 12.8 Å². The number of hydrogen-bond acceptors (Lipinski definition) is 4. The number of pyridine rings is 1. The van der Waals surface area contributed by atoms with Crippen LogP contribution in [0.2, 0.25) is 0 Å². The molecule has 2 atom stereocenters. The SMILES string of the molecule is Cc1cc(C)c(C#N)c(NC2CCCCC2(C)C(=O)O)n1. The number of carbonyl (C=O) groups is 1. The van der Waals surface area contributed by atoms with Crippen LogP contribution in [0.1, 0.15) is 49.4 Å². The van der Waals surface area contributed by atoms with Gasteiger partial charge in [0.25, 0.3) is 0 Å². The van der Waals surface area contributed by atoms with Gasteiger partial charge in [-0.15, -0.1) is 0 Å². The average Bonchev–Trinajstić information content (AvgIpc) is 2.41. The standard InChI is InChI=1S/C16H21N3O2/c1-10-8-11(2)18-14(12(10)9-17)19-13-6-4-5-7-16(13,3)15(20)21/h8,13H,4-7H2,1-3H3,(H,18,19)(H,20,21). The predicted molar refractivity (Wildman–Crippen MR) is 80.0 cm³/mol. The normalized spacial score (nSPS) is 25.1. The fourth-order valence-electron chi connectivity index (χ4n) is 3.07. The van der Waals surface area contributed by atoms with Gasteiger partial charge >= 0.3 is 5.97 Å². The van der Waals surface area contributed by atoms with Crippen molar-refractivity contribution >= 4 is 11.8 Å². The first-order valence-corrected chi connectivity index (χ1v) is 7.27.